The maximum Gasteiger partial charge on any atom is 0.141 e. The van der Waals surface area contributed by atoms with Crippen molar-refractivity contribution in [3.05, 3.63) is 18.5 Å². The predicted molar refractivity (Wildman–Crippen MR) is 59.9 cm³/mol. The molecule has 0 spiro atoms. The fourth-order valence-electron chi connectivity index (χ4n) is 1.97. The average Bonchev–Trinajstić information content (AvgIpc) is 2.19. The minimum absolute atomic E-state index is 0.423. The zero-order valence-electron chi connectivity index (χ0n) is 8.70. The highest BCUT2D eigenvalue weighted by atomic mass is 16.5. The Kier molecular flexibility index (Phi) is 3.07. The molecular weight excluding hydrogens is 173 g/mol. The number of ether oxygens (including phenoxy) is 1. The van der Waals surface area contributed by atoms with Crippen molar-refractivity contribution in [3.8, 4) is 5.75 Å². The van der Waals surface area contributed by atoms with Gasteiger partial charge in [-0.05, 0) is 31.7 Å². The summed E-state index contributed by atoms with van der Waals surface area (Å²) >= 11 is 0. The maximum atomic E-state index is 5.87. The molecule has 0 N–H and O–H groups in total. The fraction of sp³-hybridized carbons (Fsp3) is 0.545. The van der Waals surface area contributed by atoms with Crippen LogP contribution in [0.15, 0.2) is 18.5 Å². The molecule has 0 aromatic carbocycles. The van der Waals surface area contributed by atoms with Crippen LogP contribution in [-0.2, 0) is 0 Å². The Hall–Kier alpha value is -0.985. The molecule has 1 aliphatic carbocycles. The molecule has 1 saturated carbocycles. The number of hydrogen-bond acceptors (Lipinski definition) is 2. The van der Waals surface area contributed by atoms with E-state index in [0.717, 1.165) is 5.75 Å². The van der Waals surface area contributed by atoms with Crippen LogP contribution in [-0.4, -0.2) is 18.9 Å². The minimum atomic E-state index is 0.423. The second kappa shape index (κ2) is 4.49. The molecule has 0 unspecified atom stereocenters. The highest BCUT2D eigenvalue weighted by Crippen LogP contribution is 2.22. The standard InChI is InChI=1S/C11H16BNO/c12-9-6-11(8-13-7-9)14-10-4-2-1-3-5-10/h6-8,10H,1-5,12H2. The van der Waals surface area contributed by atoms with Gasteiger partial charge >= 0.3 is 0 Å². The first-order chi connectivity index (χ1) is 6.84. The second-order valence-corrected chi connectivity index (χ2v) is 4.08. The van der Waals surface area contributed by atoms with Gasteiger partial charge in [0.2, 0.25) is 0 Å². The van der Waals surface area contributed by atoms with E-state index >= 15 is 0 Å². The number of nitrogens with zero attached hydrogens (tertiary/aromatic N) is 1. The van der Waals surface area contributed by atoms with E-state index in [9.17, 15) is 0 Å². The molecule has 0 bridgehead atoms. The van der Waals surface area contributed by atoms with Crippen molar-refractivity contribution in [2.24, 2.45) is 0 Å². The van der Waals surface area contributed by atoms with E-state index in [1.807, 2.05) is 20.2 Å². The molecule has 14 heavy (non-hydrogen) atoms. The molecule has 0 saturated heterocycles. The topological polar surface area (TPSA) is 22.1 Å². The van der Waals surface area contributed by atoms with Gasteiger partial charge in [0.1, 0.15) is 13.6 Å². The van der Waals surface area contributed by atoms with Crippen LogP contribution in [0, 0.1) is 0 Å². The minimum Gasteiger partial charge on any atom is -0.489 e. The van der Waals surface area contributed by atoms with Crippen LogP contribution in [0.1, 0.15) is 32.1 Å². The van der Waals surface area contributed by atoms with Crippen LogP contribution in [0.3, 0.4) is 0 Å². The van der Waals surface area contributed by atoms with Crippen molar-refractivity contribution in [2.75, 3.05) is 0 Å². The van der Waals surface area contributed by atoms with Gasteiger partial charge in [-0.1, -0.05) is 11.9 Å². The van der Waals surface area contributed by atoms with Gasteiger partial charge < -0.3 is 4.74 Å². The zero-order chi connectivity index (χ0) is 9.80. The third-order valence-corrected chi connectivity index (χ3v) is 2.70. The lowest BCUT2D eigenvalue weighted by Crippen LogP contribution is -2.20. The third-order valence-electron chi connectivity index (χ3n) is 2.70. The SMILES string of the molecule is Bc1cncc(OC2CCCCC2)c1. The molecule has 1 fully saturated rings. The molecule has 1 aromatic rings. The Morgan fingerprint density at radius 2 is 2.00 bits per heavy atom. The summed E-state index contributed by atoms with van der Waals surface area (Å²) in [6.45, 7) is 0. The van der Waals surface area contributed by atoms with E-state index in [0.29, 0.717) is 6.10 Å². The summed E-state index contributed by atoms with van der Waals surface area (Å²) in [5.74, 6) is 0.928. The third kappa shape index (κ3) is 2.50. The molecule has 2 rings (SSSR count). The first-order valence-corrected chi connectivity index (χ1v) is 5.43. The average molecular weight is 189 g/mol. The van der Waals surface area contributed by atoms with E-state index in [1.165, 1.54) is 37.6 Å². The number of hydrogen-bond donors (Lipinski definition) is 0. The van der Waals surface area contributed by atoms with Gasteiger partial charge in [0.25, 0.3) is 0 Å². The Balaban J connectivity index is 1.95. The molecule has 3 heteroatoms. The highest BCUT2D eigenvalue weighted by Gasteiger charge is 2.14. The van der Waals surface area contributed by atoms with Crippen molar-refractivity contribution in [2.45, 2.75) is 38.2 Å². The van der Waals surface area contributed by atoms with Crippen molar-refractivity contribution in [1.82, 2.24) is 4.98 Å². The van der Waals surface area contributed by atoms with Crippen LogP contribution >= 0.6 is 0 Å². The summed E-state index contributed by atoms with van der Waals surface area (Å²) in [5, 5.41) is 0. The van der Waals surface area contributed by atoms with Gasteiger partial charge in [0.05, 0.1) is 12.3 Å². The molecule has 1 aromatic heterocycles. The molecule has 0 atom stereocenters. The molecule has 1 heterocycles. The van der Waals surface area contributed by atoms with Crippen LogP contribution in [0.4, 0.5) is 0 Å². The van der Waals surface area contributed by atoms with Crippen molar-refractivity contribution in [1.29, 1.82) is 0 Å². The summed E-state index contributed by atoms with van der Waals surface area (Å²) in [4.78, 5) is 4.12. The normalized spacial score (nSPS) is 18.0. The molecule has 0 radical (unpaired) electrons. The number of rotatable bonds is 2. The second-order valence-electron chi connectivity index (χ2n) is 4.08. The molecule has 0 aliphatic heterocycles. The fourth-order valence-corrected chi connectivity index (χ4v) is 1.97. The van der Waals surface area contributed by atoms with E-state index in [1.54, 1.807) is 0 Å². The van der Waals surface area contributed by atoms with E-state index in [4.69, 9.17) is 4.74 Å². The quantitative estimate of drug-likeness (QED) is 0.648. The zero-order valence-corrected chi connectivity index (χ0v) is 8.70. The molecule has 2 nitrogen and oxygen atoms in total. The largest absolute Gasteiger partial charge is 0.489 e. The van der Waals surface area contributed by atoms with Crippen molar-refractivity contribution >= 4 is 13.3 Å². The predicted octanol–water partition coefficient (Wildman–Crippen LogP) is 1.05. The van der Waals surface area contributed by atoms with Crippen molar-refractivity contribution < 1.29 is 4.74 Å². The van der Waals surface area contributed by atoms with E-state index in [-0.39, 0.29) is 0 Å². The summed E-state index contributed by atoms with van der Waals surface area (Å²) in [5.41, 5.74) is 1.17. The molecule has 1 aliphatic rings. The van der Waals surface area contributed by atoms with Gasteiger partial charge in [-0.3, -0.25) is 4.98 Å². The van der Waals surface area contributed by atoms with Gasteiger partial charge in [-0.15, -0.1) is 0 Å². The summed E-state index contributed by atoms with van der Waals surface area (Å²) in [6.07, 6.45) is 10.5. The number of pyridine rings is 1. The first kappa shape index (κ1) is 9.57. The summed E-state index contributed by atoms with van der Waals surface area (Å²) < 4.78 is 5.87. The maximum absolute atomic E-state index is 5.87. The lowest BCUT2D eigenvalue weighted by Gasteiger charge is -2.22. The Morgan fingerprint density at radius 1 is 1.21 bits per heavy atom. The molecular formula is C11H16BNO. The lowest BCUT2D eigenvalue weighted by molar-refractivity contribution is 0.154. The summed E-state index contributed by atoms with van der Waals surface area (Å²) in [6, 6.07) is 2.06. The molecule has 74 valence electrons. The van der Waals surface area contributed by atoms with Crippen LogP contribution in [0.2, 0.25) is 0 Å². The van der Waals surface area contributed by atoms with Crippen LogP contribution in [0.5, 0.6) is 5.75 Å². The Labute approximate surface area is 86.1 Å². The van der Waals surface area contributed by atoms with Crippen LogP contribution in [0.25, 0.3) is 0 Å². The number of aromatic nitrogens is 1. The monoisotopic (exact) mass is 189 g/mol. The van der Waals surface area contributed by atoms with Crippen LogP contribution < -0.4 is 10.2 Å². The Bertz CT molecular complexity index is 297. The van der Waals surface area contributed by atoms with E-state index in [2.05, 4.69) is 11.1 Å². The van der Waals surface area contributed by atoms with Crippen molar-refractivity contribution in [3.63, 3.8) is 0 Å². The lowest BCUT2D eigenvalue weighted by atomic mass is 9.97. The van der Waals surface area contributed by atoms with Gasteiger partial charge in [-0.25, -0.2) is 0 Å². The van der Waals surface area contributed by atoms with Gasteiger partial charge in [0.15, 0.2) is 0 Å². The Morgan fingerprint density at radius 3 is 2.71 bits per heavy atom. The highest BCUT2D eigenvalue weighted by molar-refractivity contribution is 6.32. The smallest absolute Gasteiger partial charge is 0.141 e. The van der Waals surface area contributed by atoms with Gasteiger partial charge in [-0.2, -0.15) is 0 Å². The van der Waals surface area contributed by atoms with E-state index < -0.39 is 0 Å². The molecule has 0 amide bonds. The summed E-state index contributed by atoms with van der Waals surface area (Å²) in [7, 11) is 2.04. The van der Waals surface area contributed by atoms with Gasteiger partial charge in [0, 0.05) is 6.20 Å². The first-order valence-electron chi connectivity index (χ1n) is 5.43.